The number of unbranched alkanes of at least 4 members (excludes halogenated alkanes) is 2. The van der Waals surface area contributed by atoms with Crippen molar-refractivity contribution in [2.75, 3.05) is 13.7 Å². The highest BCUT2D eigenvalue weighted by Crippen LogP contribution is 2.36. The van der Waals surface area contributed by atoms with E-state index < -0.39 is 17.5 Å². The zero-order chi connectivity index (χ0) is 16.6. The molecule has 22 heavy (non-hydrogen) atoms. The lowest BCUT2D eigenvalue weighted by Crippen LogP contribution is -2.48. The number of carbonyl (C=O) groups excluding carboxylic acids is 3. The van der Waals surface area contributed by atoms with Crippen LogP contribution in [-0.4, -0.2) is 37.2 Å². The van der Waals surface area contributed by atoms with E-state index in [9.17, 15) is 14.4 Å². The van der Waals surface area contributed by atoms with E-state index in [1.165, 1.54) is 14.0 Å². The molecule has 0 aromatic carbocycles. The van der Waals surface area contributed by atoms with Crippen LogP contribution in [0, 0.1) is 5.92 Å². The molecule has 0 aromatic rings. The Morgan fingerprint density at radius 3 is 2.27 bits per heavy atom. The van der Waals surface area contributed by atoms with Crippen LogP contribution in [0.2, 0.25) is 0 Å². The normalized spacial score (nSPS) is 24.4. The smallest absolute Gasteiger partial charge is 0.350 e. The number of methoxy groups -OCH3 is 1. The highest BCUT2D eigenvalue weighted by atomic mass is 16.6. The minimum atomic E-state index is -1.25. The maximum absolute atomic E-state index is 12.3. The average Bonchev–Trinajstić information content (AvgIpc) is 2.50. The Morgan fingerprint density at radius 2 is 1.77 bits per heavy atom. The highest BCUT2D eigenvalue weighted by Gasteiger charge is 2.47. The molecule has 1 fully saturated rings. The molecule has 1 saturated carbocycles. The minimum absolute atomic E-state index is 0.249. The van der Waals surface area contributed by atoms with Gasteiger partial charge in [0.05, 0.1) is 19.6 Å². The van der Waals surface area contributed by atoms with Crippen molar-refractivity contribution in [3.05, 3.63) is 0 Å². The van der Waals surface area contributed by atoms with E-state index in [0.29, 0.717) is 32.3 Å². The molecule has 0 radical (unpaired) electrons. The molecular formula is C16H26O6. The minimum Gasteiger partial charge on any atom is -0.469 e. The van der Waals surface area contributed by atoms with E-state index in [1.807, 2.05) is 0 Å². The number of hydrogen-bond donors (Lipinski definition) is 0. The summed E-state index contributed by atoms with van der Waals surface area (Å²) >= 11 is 0. The van der Waals surface area contributed by atoms with Crippen LogP contribution in [0.15, 0.2) is 0 Å². The number of esters is 3. The van der Waals surface area contributed by atoms with Gasteiger partial charge in [-0.05, 0) is 32.1 Å². The lowest BCUT2D eigenvalue weighted by molar-refractivity contribution is -0.188. The van der Waals surface area contributed by atoms with Crippen molar-refractivity contribution in [3.63, 3.8) is 0 Å². The molecule has 0 spiro atoms. The van der Waals surface area contributed by atoms with Crippen LogP contribution in [-0.2, 0) is 28.6 Å². The van der Waals surface area contributed by atoms with Crippen molar-refractivity contribution in [2.24, 2.45) is 5.92 Å². The summed E-state index contributed by atoms with van der Waals surface area (Å²) in [5, 5.41) is 0. The van der Waals surface area contributed by atoms with Crippen LogP contribution in [0.3, 0.4) is 0 Å². The van der Waals surface area contributed by atoms with E-state index >= 15 is 0 Å². The molecule has 0 aromatic heterocycles. The van der Waals surface area contributed by atoms with Gasteiger partial charge in [0.15, 0.2) is 0 Å². The average molecular weight is 314 g/mol. The molecule has 1 aliphatic rings. The van der Waals surface area contributed by atoms with Gasteiger partial charge in [-0.3, -0.25) is 9.59 Å². The van der Waals surface area contributed by atoms with Crippen LogP contribution >= 0.6 is 0 Å². The molecule has 0 amide bonds. The van der Waals surface area contributed by atoms with E-state index in [-0.39, 0.29) is 11.9 Å². The Bertz CT molecular complexity index is 395. The Morgan fingerprint density at radius 1 is 1.14 bits per heavy atom. The standard InChI is InChI=1S/C16H26O6/c1-4-5-6-11-21-15(19)16(22-12(2)17)9-7-13(8-10-16)14(18)20-3/h13H,4-11H2,1-3H3. The molecule has 6 heteroatoms. The predicted molar refractivity (Wildman–Crippen MR) is 79.0 cm³/mol. The first-order chi connectivity index (χ1) is 10.4. The zero-order valence-corrected chi connectivity index (χ0v) is 13.7. The Kier molecular flexibility index (Phi) is 7.35. The predicted octanol–water partition coefficient (Wildman–Crippen LogP) is 2.38. The Balaban J connectivity index is 2.65. The van der Waals surface area contributed by atoms with Crippen molar-refractivity contribution < 1.29 is 28.6 Å². The third-order valence-electron chi connectivity index (χ3n) is 4.02. The third kappa shape index (κ3) is 5.00. The molecule has 0 bridgehead atoms. The summed E-state index contributed by atoms with van der Waals surface area (Å²) in [6, 6.07) is 0. The molecule has 6 nitrogen and oxygen atoms in total. The molecule has 0 heterocycles. The van der Waals surface area contributed by atoms with Crippen molar-refractivity contribution in [3.8, 4) is 0 Å². The van der Waals surface area contributed by atoms with Gasteiger partial charge in [0, 0.05) is 6.92 Å². The lowest BCUT2D eigenvalue weighted by atomic mass is 9.78. The van der Waals surface area contributed by atoms with Crippen molar-refractivity contribution in [2.45, 2.75) is 64.4 Å². The van der Waals surface area contributed by atoms with E-state index in [4.69, 9.17) is 14.2 Å². The van der Waals surface area contributed by atoms with Gasteiger partial charge in [-0.2, -0.15) is 0 Å². The van der Waals surface area contributed by atoms with Crippen LogP contribution in [0.25, 0.3) is 0 Å². The van der Waals surface area contributed by atoms with E-state index in [1.54, 1.807) is 0 Å². The van der Waals surface area contributed by atoms with Gasteiger partial charge >= 0.3 is 17.9 Å². The first-order valence-electron chi connectivity index (χ1n) is 7.90. The molecular weight excluding hydrogens is 288 g/mol. The molecule has 0 N–H and O–H groups in total. The maximum Gasteiger partial charge on any atom is 0.350 e. The van der Waals surface area contributed by atoms with Crippen molar-refractivity contribution >= 4 is 17.9 Å². The fourth-order valence-corrected chi connectivity index (χ4v) is 2.76. The molecule has 1 aliphatic carbocycles. The fraction of sp³-hybridized carbons (Fsp3) is 0.812. The second-order valence-corrected chi connectivity index (χ2v) is 5.73. The summed E-state index contributed by atoms with van der Waals surface area (Å²) < 4.78 is 15.3. The maximum atomic E-state index is 12.3. The SMILES string of the molecule is CCCCCOC(=O)C1(OC(C)=O)CCC(C(=O)OC)CC1. The second kappa shape index (κ2) is 8.76. The van der Waals surface area contributed by atoms with Crippen LogP contribution in [0.5, 0.6) is 0 Å². The number of ether oxygens (including phenoxy) is 3. The van der Waals surface area contributed by atoms with Crippen molar-refractivity contribution in [1.82, 2.24) is 0 Å². The molecule has 0 atom stereocenters. The molecule has 1 rings (SSSR count). The van der Waals surface area contributed by atoms with Gasteiger partial charge < -0.3 is 14.2 Å². The molecule has 126 valence electrons. The summed E-state index contributed by atoms with van der Waals surface area (Å²) in [7, 11) is 1.35. The summed E-state index contributed by atoms with van der Waals surface area (Å²) in [6.07, 6.45) is 4.29. The van der Waals surface area contributed by atoms with Crippen LogP contribution in [0.1, 0.15) is 58.8 Å². The fourth-order valence-electron chi connectivity index (χ4n) is 2.76. The van der Waals surface area contributed by atoms with E-state index in [0.717, 1.165) is 19.3 Å². The number of carbonyl (C=O) groups is 3. The highest BCUT2D eigenvalue weighted by molar-refractivity contribution is 5.83. The molecule has 0 unspecified atom stereocenters. The van der Waals surface area contributed by atoms with Crippen LogP contribution in [0.4, 0.5) is 0 Å². The molecule has 0 aliphatic heterocycles. The summed E-state index contributed by atoms with van der Waals surface area (Å²) in [6.45, 7) is 3.67. The number of rotatable bonds is 7. The topological polar surface area (TPSA) is 78.9 Å². The van der Waals surface area contributed by atoms with Gasteiger partial charge in [-0.15, -0.1) is 0 Å². The van der Waals surface area contributed by atoms with Crippen molar-refractivity contribution in [1.29, 1.82) is 0 Å². The van der Waals surface area contributed by atoms with Crippen LogP contribution < -0.4 is 0 Å². The van der Waals surface area contributed by atoms with Gasteiger partial charge in [0.25, 0.3) is 0 Å². The third-order valence-corrected chi connectivity index (χ3v) is 4.02. The zero-order valence-electron chi connectivity index (χ0n) is 13.7. The van der Waals surface area contributed by atoms with Gasteiger partial charge in [0.1, 0.15) is 0 Å². The quantitative estimate of drug-likeness (QED) is 0.408. The largest absolute Gasteiger partial charge is 0.469 e. The van der Waals surface area contributed by atoms with Gasteiger partial charge in [-0.1, -0.05) is 19.8 Å². The summed E-state index contributed by atoms with van der Waals surface area (Å²) in [5.41, 5.74) is -1.25. The first kappa shape index (κ1) is 18.5. The molecule has 0 saturated heterocycles. The van der Waals surface area contributed by atoms with Gasteiger partial charge in [0.2, 0.25) is 5.60 Å². The monoisotopic (exact) mass is 314 g/mol. The number of hydrogen-bond acceptors (Lipinski definition) is 6. The van der Waals surface area contributed by atoms with E-state index in [2.05, 4.69) is 6.92 Å². The first-order valence-corrected chi connectivity index (χ1v) is 7.90. The Labute approximate surface area is 131 Å². The lowest BCUT2D eigenvalue weighted by Gasteiger charge is -2.36. The summed E-state index contributed by atoms with van der Waals surface area (Å²) in [5.74, 6) is -1.54. The summed E-state index contributed by atoms with van der Waals surface area (Å²) in [4.78, 5) is 35.3. The second-order valence-electron chi connectivity index (χ2n) is 5.73. The van der Waals surface area contributed by atoms with Gasteiger partial charge in [-0.25, -0.2) is 4.79 Å². The Hall–Kier alpha value is -1.59.